The van der Waals surface area contributed by atoms with Gasteiger partial charge in [-0.2, -0.15) is 0 Å². The van der Waals surface area contributed by atoms with Crippen LogP contribution in [-0.2, 0) is 4.79 Å². The van der Waals surface area contributed by atoms with Gasteiger partial charge in [-0.15, -0.1) is 0 Å². The van der Waals surface area contributed by atoms with E-state index >= 15 is 0 Å². The molecule has 0 radical (unpaired) electrons. The summed E-state index contributed by atoms with van der Waals surface area (Å²) in [5, 5.41) is 3.05. The van der Waals surface area contributed by atoms with Gasteiger partial charge in [0.2, 0.25) is 5.91 Å². The molecule has 0 aromatic heterocycles. The van der Waals surface area contributed by atoms with Crippen LogP contribution in [0.5, 0.6) is 0 Å². The second kappa shape index (κ2) is 6.28. The Kier molecular flexibility index (Phi) is 5.01. The highest BCUT2D eigenvalue weighted by Gasteiger charge is 2.17. The van der Waals surface area contributed by atoms with Crippen molar-refractivity contribution in [3.05, 3.63) is 29.8 Å². The molecule has 0 spiro atoms. The van der Waals surface area contributed by atoms with E-state index in [4.69, 9.17) is 5.73 Å². The van der Waals surface area contributed by atoms with Crippen molar-refractivity contribution >= 4 is 11.6 Å². The molecule has 17 heavy (non-hydrogen) atoms. The zero-order valence-corrected chi connectivity index (χ0v) is 10.9. The summed E-state index contributed by atoms with van der Waals surface area (Å²) in [5.74, 6) is -0.0802. The number of rotatable bonds is 5. The quantitative estimate of drug-likeness (QED) is 0.770. The van der Waals surface area contributed by atoms with Crippen LogP contribution in [0.4, 0.5) is 5.69 Å². The van der Waals surface area contributed by atoms with Crippen LogP contribution in [0.15, 0.2) is 24.3 Å². The van der Waals surface area contributed by atoms with Crippen LogP contribution in [0.1, 0.15) is 45.1 Å². The molecule has 1 aromatic rings. The Morgan fingerprint density at radius 3 is 2.53 bits per heavy atom. The van der Waals surface area contributed by atoms with Gasteiger partial charge in [0.25, 0.3) is 0 Å². The molecule has 1 amide bonds. The van der Waals surface area contributed by atoms with Gasteiger partial charge in [-0.25, -0.2) is 0 Å². The average Bonchev–Trinajstić information content (AvgIpc) is 2.34. The molecule has 1 unspecified atom stereocenters. The fraction of sp³-hybridized carbons (Fsp3) is 0.500. The number of carbonyl (C=O) groups excluding carboxylic acids is 1. The molecule has 0 aliphatic heterocycles. The van der Waals surface area contributed by atoms with Crippen LogP contribution < -0.4 is 11.1 Å². The van der Waals surface area contributed by atoms with E-state index in [1.165, 1.54) is 0 Å². The summed E-state index contributed by atoms with van der Waals surface area (Å²) in [4.78, 5) is 12.0. The zero-order chi connectivity index (χ0) is 12.8. The van der Waals surface area contributed by atoms with Gasteiger partial charge in [-0.1, -0.05) is 26.0 Å². The minimum atomic E-state index is -0.154. The van der Waals surface area contributed by atoms with Crippen molar-refractivity contribution in [3.63, 3.8) is 0 Å². The highest BCUT2D eigenvalue weighted by Crippen LogP contribution is 2.18. The average molecular weight is 234 g/mol. The summed E-state index contributed by atoms with van der Waals surface area (Å²) in [5.41, 5.74) is 7.38. The molecule has 0 saturated carbocycles. The van der Waals surface area contributed by atoms with Crippen molar-refractivity contribution < 1.29 is 4.79 Å². The van der Waals surface area contributed by atoms with E-state index in [9.17, 15) is 4.79 Å². The zero-order valence-electron chi connectivity index (χ0n) is 10.9. The molecule has 94 valence electrons. The molecule has 3 N–H and O–H groups in total. The van der Waals surface area contributed by atoms with Crippen LogP contribution in [0.25, 0.3) is 0 Å². The minimum Gasteiger partial charge on any atom is -0.399 e. The Morgan fingerprint density at radius 1 is 1.35 bits per heavy atom. The van der Waals surface area contributed by atoms with Gasteiger partial charge in [-0.05, 0) is 37.5 Å². The van der Waals surface area contributed by atoms with Gasteiger partial charge < -0.3 is 11.1 Å². The van der Waals surface area contributed by atoms with Gasteiger partial charge in [0.05, 0.1) is 5.92 Å². The smallest absolute Gasteiger partial charge is 0.227 e. The molecule has 1 atom stereocenters. The lowest BCUT2D eigenvalue weighted by Gasteiger charge is -2.18. The molecular weight excluding hydrogens is 212 g/mol. The monoisotopic (exact) mass is 234 g/mol. The predicted octanol–water partition coefficient (Wildman–Crippen LogP) is 2.68. The van der Waals surface area contributed by atoms with E-state index in [0.717, 1.165) is 18.4 Å². The Hall–Kier alpha value is -1.51. The lowest BCUT2D eigenvalue weighted by Crippen LogP contribution is -2.36. The first-order valence-corrected chi connectivity index (χ1v) is 6.24. The maximum Gasteiger partial charge on any atom is 0.227 e. The number of nitrogen functional groups attached to an aromatic ring is 1. The molecule has 0 fully saturated rings. The van der Waals surface area contributed by atoms with Crippen molar-refractivity contribution in [1.82, 2.24) is 5.32 Å². The number of amides is 1. The van der Waals surface area contributed by atoms with Crippen molar-refractivity contribution in [3.8, 4) is 0 Å². The SMILES string of the molecule is CCC(CC)NC(=O)C(C)c1cccc(N)c1. The molecule has 0 bridgehead atoms. The summed E-state index contributed by atoms with van der Waals surface area (Å²) in [6, 6.07) is 7.77. The number of nitrogens with two attached hydrogens (primary N) is 1. The van der Waals surface area contributed by atoms with Crippen molar-refractivity contribution in [2.24, 2.45) is 0 Å². The van der Waals surface area contributed by atoms with Crippen LogP contribution in [-0.4, -0.2) is 11.9 Å². The molecule has 1 rings (SSSR count). The maximum atomic E-state index is 12.0. The van der Waals surface area contributed by atoms with Gasteiger partial charge >= 0.3 is 0 Å². The lowest BCUT2D eigenvalue weighted by molar-refractivity contribution is -0.122. The van der Waals surface area contributed by atoms with Crippen LogP contribution in [0.3, 0.4) is 0 Å². The van der Waals surface area contributed by atoms with Gasteiger partial charge in [0.1, 0.15) is 0 Å². The topological polar surface area (TPSA) is 55.1 Å². The number of hydrogen-bond acceptors (Lipinski definition) is 2. The second-order valence-electron chi connectivity index (χ2n) is 4.41. The molecule has 3 heteroatoms. The van der Waals surface area contributed by atoms with Crippen molar-refractivity contribution in [2.75, 3.05) is 5.73 Å². The predicted molar refractivity (Wildman–Crippen MR) is 71.8 cm³/mol. The first-order valence-electron chi connectivity index (χ1n) is 6.24. The van der Waals surface area contributed by atoms with Gasteiger partial charge in [0.15, 0.2) is 0 Å². The van der Waals surface area contributed by atoms with Gasteiger partial charge in [0, 0.05) is 11.7 Å². The summed E-state index contributed by atoms with van der Waals surface area (Å²) in [7, 11) is 0. The lowest BCUT2D eigenvalue weighted by atomic mass is 9.99. The second-order valence-corrected chi connectivity index (χ2v) is 4.41. The first kappa shape index (κ1) is 13.6. The Bertz CT molecular complexity index is 372. The Balaban J connectivity index is 2.69. The van der Waals surface area contributed by atoms with E-state index in [1.807, 2.05) is 31.2 Å². The number of carbonyl (C=O) groups is 1. The first-order chi connectivity index (χ1) is 8.08. The van der Waals surface area contributed by atoms with Gasteiger partial charge in [-0.3, -0.25) is 4.79 Å². The highest BCUT2D eigenvalue weighted by molar-refractivity contribution is 5.83. The third-order valence-corrected chi connectivity index (χ3v) is 3.14. The van der Waals surface area contributed by atoms with E-state index < -0.39 is 0 Å². The number of nitrogens with one attached hydrogen (secondary N) is 1. The maximum absolute atomic E-state index is 12.0. The number of anilines is 1. The normalized spacial score (nSPS) is 12.5. The van der Waals surface area contributed by atoms with E-state index in [2.05, 4.69) is 19.2 Å². The fourth-order valence-corrected chi connectivity index (χ4v) is 1.80. The van der Waals surface area contributed by atoms with Crippen molar-refractivity contribution in [2.45, 2.75) is 45.6 Å². The fourth-order valence-electron chi connectivity index (χ4n) is 1.80. The third-order valence-electron chi connectivity index (χ3n) is 3.14. The molecule has 0 aliphatic carbocycles. The standard InChI is InChI=1S/C14H22N2O/c1-4-13(5-2)16-14(17)10(3)11-7-6-8-12(15)9-11/h6-10,13H,4-5,15H2,1-3H3,(H,16,17). The van der Waals surface area contributed by atoms with Crippen LogP contribution in [0, 0.1) is 0 Å². The molecule has 0 aliphatic rings. The number of benzene rings is 1. The van der Waals surface area contributed by atoms with E-state index in [-0.39, 0.29) is 17.9 Å². The molecular formula is C14H22N2O. The molecule has 1 aromatic carbocycles. The van der Waals surface area contributed by atoms with Crippen LogP contribution >= 0.6 is 0 Å². The molecule has 0 saturated heterocycles. The van der Waals surface area contributed by atoms with E-state index in [0.29, 0.717) is 5.69 Å². The Morgan fingerprint density at radius 2 is 2.00 bits per heavy atom. The third kappa shape index (κ3) is 3.77. The van der Waals surface area contributed by atoms with Crippen molar-refractivity contribution in [1.29, 1.82) is 0 Å². The minimum absolute atomic E-state index is 0.0734. The van der Waals surface area contributed by atoms with Crippen LogP contribution in [0.2, 0.25) is 0 Å². The largest absolute Gasteiger partial charge is 0.399 e. The summed E-state index contributed by atoms with van der Waals surface area (Å²) in [6.07, 6.45) is 1.93. The summed E-state index contributed by atoms with van der Waals surface area (Å²) in [6.45, 7) is 6.08. The Labute approximate surface area is 103 Å². The molecule has 0 heterocycles. The molecule has 3 nitrogen and oxygen atoms in total. The highest BCUT2D eigenvalue weighted by atomic mass is 16.1. The summed E-state index contributed by atoms with van der Waals surface area (Å²) < 4.78 is 0. The van der Waals surface area contributed by atoms with E-state index in [1.54, 1.807) is 0 Å². The number of hydrogen-bond donors (Lipinski definition) is 2. The summed E-state index contributed by atoms with van der Waals surface area (Å²) >= 11 is 0.